The molecular formula is C18H34CaO6. The molecule has 0 unspecified atom stereocenters. The number of carboxylic acid groups (broad SMARTS) is 2. The van der Waals surface area contributed by atoms with Gasteiger partial charge in [0.2, 0.25) is 0 Å². The molecule has 0 spiro atoms. The molecule has 25 heavy (non-hydrogen) atoms. The molecule has 0 aliphatic rings. The van der Waals surface area contributed by atoms with E-state index in [4.69, 9.17) is 9.84 Å². The van der Waals surface area contributed by atoms with Crippen molar-refractivity contribution in [3.8, 4) is 0 Å². The summed E-state index contributed by atoms with van der Waals surface area (Å²) >= 11 is 0. The second kappa shape index (κ2) is 16.3. The second-order valence-electron chi connectivity index (χ2n) is 7.19. The predicted octanol–water partition coefficient (Wildman–Crippen LogP) is 0.514. The summed E-state index contributed by atoms with van der Waals surface area (Å²) in [6.45, 7) is 9.81. The second-order valence-corrected chi connectivity index (χ2v) is 7.19. The molecule has 0 bridgehead atoms. The van der Waals surface area contributed by atoms with E-state index in [0.717, 1.165) is 25.7 Å². The molecule has 1 N–H and O–H groups in total. The molecule has 6 nitrogen and oxygen atoms in total. The van der Waals surface area contributed by atoms with Gasteiger partial charge in [-0.2, -0.15) is 0 Å². The minimum absolute atomic E-state index is 0. The molecule has 0 aliphatic carbocycles. The fourth-order valence-electron chi connectivity index (χ4n) is 1.85. The number of carbonyl (C=O) groups excluding carboxylic acids is 2. The van der Waals surface area contributed by atoms with Gasteiger partial charge in [-0.3, -0.25) is 0 Å². The largest absolute Gasteiger partial charge is 2.00 e. The SMILES string of the molecule is CC(C)(CCCCOCCCCC(C)(C)C(=O)[O-])C(=O)[O-].CCO.[Ca+2]. The van der Waals surface area contributed by atoms with Crippen LogP contribution in [0.15, 0.2) is 0 Å². The maximum Gasteiger partial charge on any atom is 2.00 e. The van der Waals surface area contributed by atoms with Crippen molar-refractivity contribution >= 4 is 49.7 Å². The van der Waals surface area contributed by atoms with Crippen molar-refractivity contribution < 1.29 is 29.6 Å². The van der Waals surface area contributed by atoms with Crippen LogP contribution in [0.2, 0.25) is 0 Å². The van der Waals surface area contributed by atoms with Crippen LogP contribution in [-0.2, 0) is 14.3 Å². The Morgan fingerprint density at radius 3 is 1.36 bits per heavy atom. The number of aliphatic hydroxyl groups is 1. The molecular weight excluding hydrogens is 352 g/mol. The fraction of sp³-hybridized carbons (Fsp3) is 0.889. The first-order valence-electron chi connectivity index (χ1n) is 8.62. The number of rotatable bonds is 12. The van der Waals surface area contributed by atoms with Gasteiger partial charge in [0.05, 0.1) is 0 Å². The van der Waals surface area contributed by atoms with E-state index in [1.807, 2.05) is 0 Å². The smallest absolute Gasteiger partial charge is 0.550 e. The topological polar surface area (TPSA) is 110 Å². The van der Waals surface area contributed by atoms with Crippen LogP contribution in [0.1, 0.15) is 73.1 Å². The number of unbranched alkanes of at least 4 members (excludes halogenated alkanes) is 2. The number of carboxylic acids is 2. The van der Waals surface area contributed by atoms with Gasteiger partial charge in [0, 0.05) is 42.6 Å². The fourth-order valence-corrected chi connectivity index (χ4v) is 1.85. The van der Waals surface area contributed by atoms with Crippen LogP contribution in [0.25, 0.3) is 0 Å². The van der Waals surface area contributed by atoms with E-state index in [1.54, 1.807) is 34.6 Å². The van der Waals surface area contributed by atoms with Gasteiger partial charge in [-0.05, 0) is 32.6 Å². The van der Waals surface area contributed by atoms with Crippen molar-refractivity contribution in [1.29, 1.82) is 0 Å². The summed E-state index contributed by atoms with van der Waals surface area (Å²) in [6.07, 6.45) is 4.39. The molecule has 144 valence electrons. The standard InChI is InChI=1S/C16H30O5.C2H6O.Ca/c1-15(2,13(17)18)9-5-7-11-21-12-8-6-10-16(3,4)14(19)20;1-2-3;/h5-12H2,1-4H3,(H,17,18)(H,19,20);3H,2H2,1H3;/q;;+2/p-2. The summed E-state index contributed by atoms with van der Waals surface area (Å²) in [6, 6.07) is 0. The Morgan fingerprint density at radius 1 is 0.840 bits per heavy atom. The molecule has 0 radical (unpaired) electrons. The first-order valence-corrected chi connectivity index (χ1v) is 8.62. The number of aliphatic hydroxyl groups excluding tert-OH is 1. The van der Waals surface area contributed by atoms with Crippen molar-refractivity contribution in [2.75, 3.05) is 19.8 Å². The molecule has 0 aliphatic heterocycles. The summed E-state index contributed by atoms with van der Waals surface area (Å²) in [7, 11) is 0. The van der Waals surface area contributed by atoms with Gasteiger partial charge in [-0.25, -0.2) is 0 Å². The summed E-state index contributed by atoms with van der Waals surface area (Å²) < 4.78 is 5.46. The molecule has 0 saturated carbocycles. The molecule has 0 amide bonds. The zero-order chi connectivity index (χ0) is 19.2. The van der Waals surface area contributed by atoms with E-state index < -0.39 is 22.8 Å². The van der Waals surface area contributed by atoms with Crippen molar-refractivity contribution in [1.82, 2.24) is 0 Å². The van der Waals surface area contributed by atoms with Gasteiger partial charge in [0.1, 0.15) is 0 Å². The molecule has 0 fully saturated rings. The first kappa shape index (κ1) is 29.9. The average Bonchev–Trinajstić information content (AvgIpc) is 2.45. The van der Waals surface area contributed by atoms with Crippen molar-refractivity contribution in [2.24, 2.45) is 10.8 Å². The van der Waals surface area contributed by atoms with E-state index in [-0.39, 0.29) is 44.3 Å². The summed E-state index contributed by atoms with van der Waals surface area (Å²) in [4.78, 5) is 21.6. The Bertz CT molecular complexity index is 323. The Morgan fingerprint density at radius 2 is 1.12 bits per heavy atom. The number of aliphatic carboxylic acids is 2. The molecule has 0 aromatic carbocycles. The maximum absolute atomic E-state index is 10.8. The van der Waals surface area contributed by atoms with Crippen LogP contribution >= 0.6 is 0 Å². The van der Waals surface area contributed by atoms with E-state index in [2.05, 4.69) is 0 Å². The third kappa shape index (κ3) is 17.3. The van der Waals surface area contributed by atoms with Crippen LogP contribution in [-0.4, -0.2) is 74.6 Å². The van der Waals surface area contributed by atoms with E-state index in [1.165, 1.54) is 0 Å². The minimum Gasteiger partial charge on any atom is -0.550 e. The Balaban J connectivity index is -0.00000112. The number of hydrogen-bond acceptors (Lipinski definition) is 6. The minimum atomic E-state index is -1.01. The van der Waals surface area contributed by atoms with Crippen LogP contribution in [0, 0.1) is 10.8 Å². The molecule has 0 atom stereocenters. The van der Waals surface area contributed by atoms with E-state index >= 15 is 0 Å². The van der Waals surface area contributed by atoms with Crippen molar-refractivity contribution in [3.05, 3.63) is 0 Å². The van der Waals surface area contributed by atoms with Gasteiger partial charge in [0.25, 0.3) is 0 Å². The summed E-state index contributed by atoms with van der Waals surface area (Å²) in [5, 5.41) is 29.2. The Kier molecular flexibility index (Phi) is 19.5. The Hall–Kier alpha value is 0.120. The predicted molar refractivity (Wildman–Crippen MR) is 94.6 cm³/mol. The quantitative estimate of drug-likeness (QED) is 0.387. The van der Waals surface area contributed by atoms with E-state index in [9.17, 15) is 19.8 Å². The monoisotopic (exact) mass is 386 g/mol. The molecule has 0 aromatic rings. The van der Waals surface area contributed by atoms with Crippen LogP contribution in [0.3, 0.4) is 0 Å². The summed E-state index contributed by atoms with van der Waals surface area (Å²) in [5.41, 5.74) is -1.56. The van der Waals surface area contributed by atoms with Gasteiger partial charge in [-0.1, -0.05) is 40.5 Å². The van der Waals surface area contributed by atoms with Gasteiger partial charge in [-0.15, -0.1) is 0 Å². The first-order chi connectivity index (χ1) is 11.0. The molecule has 0 aromatic heterocycles. The summed E-state index contributed by atoms with van der Waals surface area (Å²) in [5.74, 6) is -2.03. The maximum atomic E-state index is 10.8. The molecule has 0 heterocycles. The van der Waals surface area contributed by atoms with E-state index in [0.29, 0.717) is 26.1 Å². The van der Waals surface area contributed by atoms with Crippen LogP contribution in [0.5, 0.6) is 0 Å². The molecule has 7 heteroatoms. The normalized spacial score (nSPS) is 11.1. The van der Waals surface area contributed by atoms with Gasteiger partial charge in [0.15, 0.2) is 0 Å². The van der Waals surface area contributed by atoms with Gasteiger partial charge >= 0.3 is 37.7 Å². The zero-order valence-electron chi connectivity index (χ0n) is 16.6. The number of hydrogen-bond donors (Lipinski definition) is 1. The number of carbonyl (C=O) groups is 2. The van der Waals surface area contributed by atoms with Crippen LogP contribution < -0.4 is 10.2 Å². The van der Waals surface area contributed by atoms with Gasteiger partial charge < -0.3 is 29.6 Å². The number of ether oxygens (including phenoxy) is 1. The zero-order valence-corrected chi connectivity index (χ0v) is 18.8. The molecule has 0 rings (SSSR count). The molecule has 0 saturated heterocycles. The third-order valence-electron chi connectivity index (χ3n) is 3.79. The van der Waals surface area contributed by atoms with Crippen LogP contribution in [0.4, 0.5) is 0 Å². The Labute approximate surface area is 182 Å². The third-order valence-corrected chi connectivity index (χ3v) is 3.79. The average molecular weight is 387 g/mol. The van der Waals surface area contributed by atoms with Crippen molar-refractivity contribution in [3.63, 3.8) is 0 Å². The van der Waals surface area contributed by atoms with Crippen molar-refractivity contribution in [2.45, 2.75) is 73.1 Å².